The molecule has 1 saturated heterocycles. The molecule has 1 fully saturated rings. The zero-order chi connectivity index (χ0) is 31.3. The number of ether oxygens (including phenoxy) is 1. The molecule has 4 rings (SSSR count). The zero-order valence-corrected chi connectivity index (χ0v) is 27.5. The van der Waals surface area contributed by atoms with E-state index in [4.69, 9.17) is 4.74 Å². The number of benzene rings is 2. The quantitative estimate of drug-likeness (QED) is 0.279. The molecule has 1 aromatic heterocycles. The third kappa shape index (κ3) is 8.43. The van der Waals surface area contributed by atoms with Gasteiger partial charge in [-0.3, -0.25) is 14.4 Å². The lowest BCUT2D eigenvalue weighted by molar-refractivity contribution is -0.144. The van der Waals surface area contributed by atoms with E-state index >= 15 is 0 Å². The van der Waals surface area contributed by atoms with Gasteiger partial charge in [0.05, 0.1) is 41.3 Å². The van der Waals surface area contributed by atoms with Crippen molar-refractivity contribution in [2.45, 2.75) is 71.7 Å². The molecule has 2 heterocycles. The van der Waals surface area contributed by atoms with Crippen molar-refractivity contribution in [1.82, 2.24) is 20.5 Å². The van der Waals surface area contributed by atoms with Crippen LogP contribution in [-0.2, 0) is 14.4 Å². The van der Waals surface area contributed by atoms with Crippen molar-refractivity contribution in [2.75, 3.05) is 13.2 Å². The maximum atomic E-state index is 13.8. The van der Waals surface area contributed by atoms with Crippen LogP contribution in [0.5, 0.6) is 5.75 Å². The summed E-state index contributed by atoms with van der Waals surface area (Å²) in [5.41, 5.74) is 4.13. The van der Waals surface area contributed by atoms with Gasteiger partial charge in [0.2, 0.25) is 17.7 Å². The van der Waals surface area contributed by atoms with E-state index in [1.807, 2.05) is 82.6 Å². The number of nitrogens with one attached hydrogen (secondary N) is 2. The lowest BCUT2D eigenvalue weighted by atomic mass is 9.85. The van der Waals surface area contributed by atoms with Gasteiger partial charge in [-0.2, -0.15) is 0 Å². The van der Waals surface area contributed by atoms with Crippen LogP contribution in [0, 0.1) is 12.3 Å². The highest BCUT2D eigenvalue weighted by Crippen LogP contribution is 2.29. The van der Waals surface area contributed by atoms with Gasteiger partial charge in [0.1, 0.15) is 17.8 Å². The number of thiazole rings is 1. The third-order valence-corrected chi connectivity index (χ3v) is 8.93. The van der Waals surface area contributed by atoms with Crippen LogP contribution in [0.4, 0.5) is 0 Å². The van der Waals surface area contributed by atoms with Crippen LogP contribution >= 0.6 is 27.3 Å². The van der Waals surface area contributed by atoms with E-state index in [9.17, 15) is 19.5 Å². The summed E-state index contributed by atoms with van der Waals surface area (Å²) in [6, 6.07) is 13.2. The Balaban J connectivity index is 1.39. The molecule has 230 valence electrons. The number of nitrogens with zero attached hydrogens (tertiary/aromatic N) is 2. The molecule has 43 heavy (non-hydrogen) atoms. The monoisotopic (exact) mass is 670 g/mol. The summed E-state index contributed by atoms with van der Waals surface area (Å²) in [6.45, 7) is 9.59. The second-order valence-corrected chi connectivity index (χ2v) is 13.7. The normalized spacial score (nSPS) is 18.2. The van der Waals surface area contributed by atoms with Crippen molar-refractivity contribution in [3.63, 3.8) is 0 Å². The number of aromatic nitrogens is 1. The molecule has 0 unspecified atom stereocenters. The number of carbonyl (C=O) groups is 3. The van der Waals surface area contributed by atoms with Gasteiger partial charge in [0.15, 0.2) is 0 Å². The second kappa shape index (κ2) is 14.0. The van der Waals surface area contributed by atoms with Crippen LogP contribution in [0.3, 0.4) is 0 Å². The molecule has 0 bridgehead atoms. The maximum Gasteiger partial charge on any atom is 0.246 e. The fourth-order valence-corrected chi connectivity index (χ4v) is 6.26. The molecule has 3 aromatic rings. The number of amides is 3. The van der Waals surface area contributed by atoms with E-state index in [1.165, 1.54) is 4.90 Å². The number of β-amino-alcohol motifs (C(OH)–C–C–N with tert-alkyl or cyclic N) is 1. The van der Waals surface area contributed by atoms with E-state index in [2.05, 4.69) is 31.5 Å². The molecule has 1 aliphatic heterocycles. The van der Waals surface area contributed by atoms with E-state index in [0.717, 1.165) is 26.2 Å². The van der Waals surface area contributed by atoms with Crippen LogP contribution in [0.25, 0.3) is 10.4 Å². The van der Waals surface area contributed by atoms with Gasteiger partial charge in [0, 0.05) is 17.4 Å². The smallest absolute Gasteiger partial charge is 0.246 e. The number of rotatable bonds is 10. The number of hydrogen-bond donors (Lipinski definition) is 3. The molecule has 3 amide bonds. The summed E-state index contributed by atoms with van der Waals surface area (Å²) >= 11 is 4.97. The van der Waals surface area contributed by atoms with E-state index in [-0.39, 0.29) is 43.8 Å². The molecule has 1 aliphatic rings. The predicted octanol–water partition coefficient (Wildman–Crippen LogP) is 5.02. The van der Waals surface area contributed by atoms with Crippen molar-refractivity contribution in [3.05, 3.63) is 69.8 Å². The van der Waals surface area contributed by atoms with Crippen LogP contribution in [0.15, 0.2) is 58.5 Å². The SMILES string of the molecule is Cc1ncsc1-c1ccc([C@H](C)NC(=O)[C@@H]2C[C@@H](O)CN2C(=O)[C@@H](NC(=O)CCOc2cccc(Br)c2)C(C)(C)C)cc1. The van der Waals surface area contributed by atoms with Gasteiger partial charge in [-0.1, -0.05) is 67.0 Å². The Bertz CT molecular complexity index is 1440. The number of aliphatic hydroxyl groups excluding tert-OH is 1. The largest absolute Gasteiger partial charge is 0.493 e. The Hall–Kier alpha value is -3.28. The standard InChI is InChI=1S/C32H39BrN4O5S/c1-19(21-9-11-22(12-10-21)28-20(2)34-18-43-28)35-30(40)26-16-24(38)17-37(26)31(41)29(32(3,4)5)36-27(39)13-14-42-25-8-6-7-23(33)15-25/h6-12,15,18-19,24,26,29,38H,13-14,16-17H2,1-5H3,(H,35,40)(H,36,39)/t19-,24+,26-,29+/m0/s1. The fraction of sp³-hybridized carbons (Fsp3) is 0.438. The average molecular weight is 672 g/mol. The topological polar surface area (TPSA) is 121 Å². The minimum absolute atomic E-state index is 0.0165. The summed E-state index contributed by atoms with van der Waals surface area (Å²) in [5.74, 6) is -0.455. The van der Waals surface area contributed by atoms with E-state index in [0.29, 0.717) is 5.75 Å². The summed E-state index contributed by atoms with van der Waals surface area (Å²) < 4.78 is 6.55. The average Bonchev–Trinajstić information content (AvgIpc) is 3.56. The lowest BCUT2D eigenvalue weighted by Crippen LogP contribution is -2.58. The van der Waals surface area contributed by atoms with Crippen LogP contribution in [0.2, 0.25) is 0 Å². The molecule has 0 aliphatic carbocycles. The molecular formula is C32H39BrN4O5S. The number of halogens is 1. The minimum Gasteiger partial charge on any atom is -0.493 e. The minimum atomic E-state index is -0.897. The zero-order valence-electron chi connectivity index (χ0n) is 25.1. The van der Waals surface area contributed by atoms with Gasteiger partial charge in [-0.25, -0.2) is 4.98 Å². The predicted molar refractivity (Wildman–Crippen MR) is 171 cm³/mol. The first-order chi connectivity index (χ1) is 20.3. The molecule has 0 saturated carbocycles. The fourth-order valence-electron chi connectivity index (χ4n) is 5.07. The number of hydrogen-bond acceptors (Lipinski definition) is 7. The van der Waals surface area contributed by atoms with E-state index < -0.39 is 29.5 Å². The first kappa shape index (κ1) is 32.6. The Kier molecular flexibility index (Phi) is 10.6. The van der Waals surface area contributed by atoms with Gasteiger partial charge in [-0.05, 0) is 48.6 Å². The lowest BCUT2D eigenvalue weighted by Gasteiger charge is -2.35. The van der Waals surface area contributed by atoms with Crippen molar-refractivity contribution >= 4 is 45.0 Å². The molecule has 0 spiro atoms. The highest BCUT2D eigenvalue weighted by Gasteiger charge is 2.44. The first-order valence-electron chi connectivity index (χ1n) is 14.3. The van der Waals surface area contributed by atoms with E-state index in [1.54, 1.807) is 17.4 Å². The van der Waals surface area contributed by atoms with Crippen molar-refractivity contribution < 1.29 is 24.2 Å². The second-order valence-electron chi connectivity index (χ2n) is 11.9. The molecule has 11 heteroatoms. The van der Waals surface area contributed by atoms with Crippen molar-refractivity contribution in [3.8, 4) is 16.2 Å². The Morgan fingerprint density at radius 1 is 1.16 bits per heavy atom. The molecule has 0 radical (unpaired) electrons. The Morgan fingerprint density at radius 2 is 1.88 bits per heavy atom. The summed E-state index contributed by atoms with van der Waals surface area (Å²) in [5, 5.41) is 16.4. The molecule has 2 aromatic carbocycles. The van der Waals surface area contributed by atoms with Crippen LogP contribution < -0.4 is 15.4 Å². The number of carbonyl (C=O) groups excluding carboxylic acids is 3. The summed E-state index contributed by atoms with van der Waals surface area (Å²) in [6.07, 6.45) is -0.663. The number of aliphatic hydroxyl groups is 1. The van der Waals surface area contributed by atoms with Crippen LogP contribution in [-0.4, -0.2) is 64.1 Å². The first-order valence-corrected chi connectivity index (χ1v) is 16.0. The number of likely N-dealkylation sites (tertiary alicyclic amines) is 1. The summed E-state index contributed by atoms with van der Waals surface area (Å²) in [7, 11) is 0. The van der Waals surface area contributed by atoms with Gasteiger partial charge < -0.3 is 25.4 Å². The highest BCUT2D eigenvalue weighted by atomic mass is 79.9. The highest BCUT2D eigenvalue weighted by molar-refractivity contribution is 9.10. The van der Waals surface area contributed by atoms with Gasteiger partial charge in [-0.15, -0.1) is 11.3 Å². The molecular weight excluding hydrogens is 632 g/mol. The van der Waals surface area contributed by atoms with Crippen LogP contribution in [0.1, 0.15) is 57.8 Å². The summed E-state index contributed by atoms with van der Waals surface area (Å²) in [4.78, 5) is 47.0. The maximum absolute atomic E-state index is 13.8. The molecule has 3 N–H and O–H groups in total. The van der Waals surface area contributed by atoms with Gasteiger partial charge >= 0.3 is 0 Å². The van der Waals surface area contributed by atoms with Crippen molar-refractivity contribution in [2.24, 2.45) is 5.41 Å². The Morgan fingerprint density at radius 3 is 2.51 bits per heavy atom. The molecule has 9 nitrogen and oxygen atoms in total. The third-order valence-electron chi connectivity index (χ3n) is 7.45. The van der Waals surface area contributed by atoms with Crippen molar-refractivity contribution in [1.29, 1.82) is 0 Å². The van der Waals surface area contributed by atoms with Gasteiger partial charge in [0.25, 0.3) is 0 Å². The molecule has 4 atom stereocenters. The number of aryl methyl sites for hydroxylation is 1. The Labute approximate surface area is 265 Å².